The third-order valence-electron chi connectivity index (χ3n) is 3.83. The Hall–Kier alpha value is -1.41. The zero-order chi connectivity index (χ0) is 14.3. The Bertz CT molecular complexity index is 438. The van der Waals surface area contributed by atoms with Gasteiger partial charge >= 0.3 is 0 Å². The van der Waals surface area contributed by atoms with Gasteiger partial charge in [0.1, 0.15) is 5.54 Å². The lowest BCUT2D eigenvalue weighted by atomic mass is 9.88. The van der Waals surface area contributed by atoms with Gasteiger partial charge in [-0.2, -0.15) is 5.26 Å². The first-order chi connectivity index (χ1) is 9.80. The molecule has 0 radical (unpaired) electrons. The maximum absolute atomic E-state index is 9.55. The highest BCUT2D eigenvalue weighted by atomic mass is 16.5. The van der Waals surface area contributed by atoms with Crippen LogP contribution in [0.3, 0.4) is 0 Å². The summed E-state index contributed by atoms with van der Waals surface area (Å²) < 4.78 is 11.2. The van der Waals surface area contributed by atoms with Crippen LogP contribution in [0.15, 0.2) is 30.3 Å². The van der Waals surface area contributed by atoms with Gasteiger partial charge in [-0.05, 0) is 25.5 Å². The van der Waals surface area contributed by atoms with E-state index in [-0.39, 0.29) is 6.10 Å². The molecule has 1 heterocycles. The summed E-state index contributed by atoms with van der Waals surface area (Å²) in [6.45, 7) is 2.01. The number of benzene rings is 1. The third-order valence-corrected chi connectivity index (χ3v) is 3.83. The standard InChI is InChI=1S/C16H22N2O2/c1-18-16(13-17,14-6-3-2-4-7-14)9-11-19-12-15-8-5-10-20-15/h2-4,6-7,15,18H,5,8-12H2,1H3. The lowest BCUT2D eigenvalue weighted by molar-refractivity contribution is 0.0125. The molecule has 0 aliphatic carbocycles. The molecule has 4 nitrogen and oxygen atoms in total. The van der Waals surface area contributed by atoms with Gasteiger partial charge in [0.2, 0.25) is 0 Å². The van der Waals surface area contributed by atoms with Gasteiger partial charge in [0, 0.05) is 19.6 Å². The van der Waals surface area contributed by atoms with Gasteiger partial charge in [-0.3, -0.25) is 5.32 Å². The molecule has 0 bridgehead atoms. The Balaban J connectivity index is 1.87. The van der Waals surface area contributed by atoms with Crippen LogP contribution in [0.2, 0.25) is 0 Å². The number of hydrogen-bond donors (Lipinski definition) is 1. The van der Waals surface area contributed by atoms with Crippen LogP contribution in [0.25, 0.3) is 0 Å². The van der Waals surface area contributed by atoms with Crippen molar-refractivity contribution in [3.8, 4) is 6.07 Å². The van der Waals surface area contributed by atoms with Crippen molar-refractivity contribution >= 4 is 0 Å². The third kappa shape index (κ3) is 3.57. The van der Waals surface area contributed by atoms with E-state index in [2.05, 4.69) is 11.4 Å². The quantitative estimate of drug-likeness (QED) is 0.775. The highest BCUT2D eigenvalue weighted by Gasteiger charge is 2.30. The Morgan fingerprint density at radius 2 is 2.25 bits per heavy atom. The van der Waals surface area contributed by atoms with Crippen molar-refractivity contribution in [3.63, 3.8) is 0 Å². The Kier molecular flexibility index (Phi) is 5.54. The van der Waals surface area contributed by atoms with Gasteiger partial charge < -0.3 is 9.47 Å². The molecule has 0 spiro atoms. The van der Waals surface area contributed by atoms with Gasteiger partial charge in [-0.1, -0.05) is 30.3 Å². The molecule has 1 aliphatic rings. The minimum Gasteiger partial charge on any atom is -0.379 e. The molecule has 0 aromatic heterocycles. The number of ether oxygens (including phenoxy) is 2. The molecule has 1 N–H and O–H groups in total. The lowest BCUT2D eigenvalue weighted by Crippen LogP contribution is -2.39. The Morgan fingerprint density at radius 1 is 1.45 bits per heavy atom. The van der Waals surface area contributed by atoms with Crippen molar-refractivity contribution in [1.29, 1.82) is 5.26 Å². The van der Waals surface area contributed by atoms with E-state index in [0.717, 1.165) is 25.0 Å². The fourth-order valence-electron chi connectivity index (χ4n) is 2.53. The summed E-state index contributed by atoms with van der Waals surface area (Å²) in [6.07, 6.45) is 3.06. The molecule has 2 unspecified atom stereocenters. The van der Waals surface area contributed by atoms with Gasteiger partial charge in [0.15, 0.2) is 0 Å². The van der Waals surface area contributed by atoms with E-state index in [1.54, 1.807) is 0 Å². The highest BCUT2D eigenvalue weighted by Crippen LogP contribution is 2.24. The highest BCUT2D eigenvalue weighted by molar-refractivity contribution is 5.31. The maximum Gasteiger partial charge on any atom is 0.134 e. The molecule has 1 aromatic rings. The topological polar surface area (TPSA) is 54.3 Å². The normalized spacial score (nSPS) is 21.3. The van der Waals surface area contributed by atoms with Crippen LogP contribution in [-0.4, -0.2) is 33.0 Å². The van der Waals surface area contributed by atoms with Crippen LogP contribution in [0.1, 0.15) is 24.8 Å². The van der Waals surface area contributed by atoms with Crippen LogP contribution in [0.5, 0.6) is 0 Å². The SMILES string of the molecule is CNC(C#N)(CCOCC1CCCO1)c1ccccc1. The van der Waals surface area contributed by atoms with Crippen molar-refractivity contribution < 1.29 is 9.47 Å². The largest absolute Gasteiger partial charge is 0.379 e. The van der Waals surface area contributed by atoms with Crippen molar-refractivity contribution in [2.45, 2.75) is 30.9 Å². The molecule has 1 saturated heterocycles. The van der Waals surface area contributed by atoms with Crippen LogP contribution in [0.4, 0.5) is 0 Å². The van der Waals surface area contributed by atoms with Crippen LogP contribution in [0, 0.1) is 11.3 Å². The molecule has 0 amide bonds. The van der Waals surface area contributed by atoms with E-state index in [1.165, 1.54) is 0 Å². The van der Waals surface area contributed by atoms with E-state index in [4.69, 9.17) is 9.47 Å². The minimum atomic E-state index is -0.683. The van der Waals surface area contributed by atoms with Crippen LogP contribution in [-0.2, 0) is 15.0 Å². The molecule has 1 aromatic carbocycles. The van der Waals surface area contributed by atoms with E-state index in [9.17, 15) is 5.26 Å². The fourth-order valence-corrected chi connectivity index (χ4v) is 2.53. The molecule has 4 heteroatoms. The van der Waals surface area contributed by atoms with Gasteiger partial charge in [-0.15, -0.1) is 0 Å². The first kappa shape index (κ1) is 15.0. The number of hydrogen-bond acceptors (Lipinski definition) is 4. The zero-order valence-corrected chi connectivity index (χ0v) is 12.0. The van der Waals surface area contributed by atoms with E-state index in [0.29, 0.717) is 19.6 Å². The zero-order valence-electron chi connectivity index (χ0n) is 12.0. The van der Waals surface area contributed by atoms with E-state index < -0.39 is 5.54 Å². The van der Waals surface area contributed by atoms with Gasteiger partial charge in [-0.25, -0.2) is 0 Å². The average Bonchev–Trinajstić information content (AvgIpc) is 3.02. The molecule has 1 fully saturated rings. The second kappa shape index (κ2) is 7.39. The summed E-state index contributed by atoms with van der Waals surface area (Å²) in [7, 11) is 1.82. The number of nitrogens with zero attached hydrogens (tertiary/aromatic N) is 1. The van der Waals surface area contributed by atoms with Gasteiger partial charge in [0.25, 0.3) is 0 Å². The predicted octanol–water partition coefficient (Wildman–Crippen LogP) is 2.21. The summed E-state index contributed by atoms with van der Waals surface area (Å²) in [5, 5.41) is 12.7. The molecule has 1 aliphatic heterocycles. The van der Waals surface area contributed by atoms with E-state index >= 15 is 0 Å². The number of nitriles is 1. The fraction of sp³-hybridized carbons (Fsp3) is 0.562. The smallest absolute Gasteiger partial charge is 0.134 e. The predicted molar refractivity (Wildman–Crippen MR) is 77.2 cm³/mol. The first-order valence-electron chi connectivity index (χ1n) is 7.16. The molecule has 0 saturated carbocycles. The van der Waals surface area contributed by atoms with Crippen molar-refractivity contribution in [2.75, 3.05) is 26.9 Å². The average molecular weight is 274 g/mol. The van der Waals surface area contributed by atoms with Crippen molar-refractivity contribution in [3.05, 3.63) is 35.9 Å². The summed E-state index contributed by atoms with van der Waals surface area (Å²) >= 11 is 0. The summed E-state index contributed by atoms with van der Waals surface area (Å²) in [6, 6.07) is 12.2. The van der Waals surface area contributed by atoms with E-state index in [1.807, 2.05) is 37.4 Å². The Labute approximate surface area is 120 Å². The molecular weight excluding hydrogens is 252 g/mol. The number of rotatable bonds is 7. The monoisotopic (exact) mass is 274 g/mol. The minimum absolute atomic E-state index is 0.234. The lowest BCUT2D eigenvalue weighted by Gasteiger charge is -2.26. The molecular formula is C16H22N2O2. The second-order valence-corrected chi connectivity index (χ2v) is 5.09. The second-order valence-electron chi connectivity index (χ2n) is 5.09. The number of nitrogens with one attached hydrogen (secondary N) is 1. The summed E-state index contributed by atoms with van der Waals surface area (Å²) in [5.41, 5.74) is 0.295. The van der Waals surface area contributed by atoms with Crippen LogP contribution >= 0.6 is 0 Å². The molecule has 2 atom stereocenters. The molecule has 108 valence electrons. The first-order valence-corrected chi connectivity index (χ1v) is 7.16. The Morgan fingerprint density at radius 3 is 2.85 bits per heavy atom. The summed E-state index contributed by atoms with van der Waals surface area (Å²) in [5.74, 6) is 0. The van der Waals surface area contributed by atoms with Gasteiger partial charge in [0.05, 0.1) is 18.8 Å². The van der Waals surface area contributed by atoms with Crippen LogP contribution < -0.4 is 5.32 Å². The molecule has 20 heavy (non-hydrogen) atoms. The maximum atomic E-state index is 9.55. The van der Waals surface area contributed by atoms with Crippen molar-refractivity contribution in [2.24, 2.45) is 0 Å². The van der Waals surface area contributed by atoms with Crippen molar-refractivity contribution in [1.82, 2.24) is 5.32 Å². The summed E-state index contributed by atoms with van der Waals surface area (Å²) in [4.78, 5) is 0. The molecule has 2 rings (SSSR count).